The second-order valence-electron chi connectivity index (χ2n) is 8.01. The minimum atomic E-state index is -0.113. The first-order chi connectivity index (χ1) is 15.5. The van der Waals surface area contributed by atoms with E-state index in [1.807, 2.05) is 0 Å². The maximum Gasteiger partial charge on any atom is 0.235 e. The highest BCUT2D eigenvalue weighted by molar-refractivity contribution is 7.99. The predicted octanol–water partition coefficient (Wildman–Crippen LogP) is 5.97. The van der Waals surface area contributed by atoms with Crippen molar-refractivity contribution >= 4 is 45.3 Å². The molecule has 0 aliphatic heterocycles. The molecule has 0 aromatic carbocycles. The molecule has 0 saturated heterocycles. The van der Waals surface area contributed by atoms with E-state index in [0.29, 0.717) is 10.6 Å². The number of nitrogens with zero attached hydrogens (tertiary/aromatic N) is 4. The third-order valence-corrected chi connectivity index (χ3v) is 9.00. The van der Waals surface area contributed by atoms with E-state index in [-0.39, 0.29) is 11.7 Å². The summed E-state index contributed by atoms with van der Waals surface area (Å²) in [7, 11) is 0. The van der Waals surface area contributed by atoms with Gasteiger partial charge in [-0.1, -0.05) is 25.1 Å². The Balaban J connectivity index is 1.48. The fourth-order valence-corrected chi connectivity index (χ4v) is 6.88. The minimum absolute atomic E-state index is 0.113. The zero-order valence-electron chi connectivity index (χ0n) is 18.7. The van der Waals surface area contributed by atoms with Crippen molar-refractivity contribution in [3.63, 3.8) is 0 Å². The molecule has 1 aliphatic carbocycles. The highest BCUT2D eigenvalue weighted by Crippen LogP contribution is 2.37. The number of carbonyl (C=O) groups is 1. The topological polar surface area (TPSA) is 83.6 Å². The molecule has 1 N–H and O–H groups in total. The van der Waals surface area contributed by atoms with Crippen LogP contribution in [0.3, 0.4) is 0 Å². The van der Waals surface area contributed by atoms with Gasteiger partial charge in [-0.15, -0.1) is 32.9 Å². The molecule has 9 heteroatoms. The highest BCUT2D eigenvalue weighted by atomic mass is 32.2. The number of nitriles is 1. The van der Waals surface area contributed by atoms with E-state index in [4.69, 9.17) is 0 Å². The molecule has 1 aliphatic rings. The van der Waals surface area contributed by atoms with Gasteiger partial charge in [-0.25, -0.2) is 0 Å². The van der Waals surface area contributed by atoms with Crippen LogP contribution in [0.25, 0.3) is 11.4 Å². The molecule has 0 bridgehead atoms. The number of amides is 1. The van der Waals surface area contributed by atoms with Crippen LogP contribution in [0.1, 0.15) is 59.1 Å². The molecule has 168 valence electrons. The van der Waals surface area contributed by atoms with E-state index in [1.165, 1.54) is 33.5 Å². The summed E-state index contributed by atoms with van der Waals surface area (Å²) in [5, 5.41) is 25.1. The number of hydrogen-bond donors (Lipinski definition) is 1. The van der Waals surface area contributed by atoms with Crippen molar-refractivity contribution in [2.75, 3.05) is 11.1 Å². The lowest BCUT2D eigenvalue weighted by molar-refractivity contribution is -0.113. The SMILES string of the molecule is CCCn1c(SCC(=O)Nc2sc3c(c2C#N)CCCCC3)nnc1-c1csc(C)c1C. The van der Waals surface area contributed by atoms with Crippen molar-refractivity contribution < 1.29 is 4.79 Å². The summed E-state index contributed by atoms with van der Waals surface area (Å²) in [4.78, 5) is 15.3. The normalized spacial score (nSPS) is 13.4. The quantitative estimate of drug-likeness (QED) is 0.329. The van der Waals surface area contributed by atoms with Gasteiger partial charge in [0.25, 0.3) is 0 Å². The lowest BCUT2D eigenvalue weighted by Gasteiger charge is -2.09. The summed E-state index contributed by atoms with van der Waals surface area (Å²) < 4.78 is 2.11. The highest BCUT2D eigenvalue weighted by Gasteiger charge is 2.22. The second-order valence-corrected chi connectivity index (χ2v) is 11.1. The lowest BCUT2D eigenvalue weighted by atomic mass is 10.1. The number of nitrogens with one attached hydrogen (secondary N) is 1. The first-order valence-electron chi connectivity index (χ1n) is 11.0. The van der Waals surface area contributed by atoms with E-state index < -0.39 is 0 Å². The van der Waals surface area contributed by atoms with Crippen molar-refractivity contribution in [1.29, 1.82) is 5.26 Å². The van der Waals surface area contributed by atoms with Gasteiger partial charge in [-0.2, -0.15) is 5.26 Å². The fraction of sp³-hybridized carbons (Fsp3) is 0.478. The van der Waals surface area contributed by atoms with E-state index >= 15 is 0 Å². The van der Waals surface area contributed by atoms with Crippen LogP contribution in [-0.4, -0.2) is 26.4 Å². The minimum Gasteiger partial charge on any atom is -0.316 e. The van der Waals surface area contributed by atoms with Crippen LogP contribution in [0.5, 0.6) is 0 Å². The molecule has 0 radical (unpaired) electrons. The zero-order chi connectivity index (χ0) is 22.7. The van der Waals surface area contributed by atoms with Crippen LogP contribution in [0.15, 0.2) is 10.5 Å². The molecule has 3 aromatic heterocycles. The summed E-state index contributed by atoms with van der Waals surface area (Å²) in [6, 6.07) is 2.33. The molecule has 0 unspecified atom stereocenters. The smallest absolute Gasteiger partial charge is 0.235 e. The average molecular weight is 486 g/mol. The number of thiophene rings is 2. The van der Waals surface area contributed by atoms with Crippen LogP contribution < -0.4 is 5.32 Å². The van der Waals surface area contributed by atoms with Crippen molar-refractivity contribution in [2.24, 2.45) is 0 Å². The van der Waals surface area contributed by atoms with Gasteiger partial charge in [0.15, 0.2) is 11.0 Å². The predicted molar refractivity (Wildman–Crippen MR) is 133 cm³/mol. The summed E-state index contributed by atoms with van der Waals surface area (Å²) in [6.07, 6.45) is 6.36. The summed E-state index contributed by atoms with van der Waals surface area (Å²) in [6.45, 7) is 7.16. The van der Waals surface area contributed by atoms with E-state index in [1.54, 1.807) is 22.7 Å². The molecule has 3 heterocycles. The molecule has 6 nitrogen and oxygen atoms in total. The molecule has 32 heavy (non-hydrogen) atoms. The Bertz CT molecular complexity index is 1170. The van der Waals surface area contributed by atoms with Gasteiger partial charge in [0.1, 0.15) is 11.1 Å². The Labute approximate surface area is 201 Å². The third-order valence-electron chi connectivity index (χ3n) is 5.81. The Morgan fingerprint density at radius 3 is 2.81 bits per heavy atom. The van der Waals surface area contributed by atoms with Crippen molar-refractivity contribution in [1.82, 2.24) is 14.8 Å². The number of thioether (sulfide) groups is 1. The van der Waals surface area contributed by atoms with Crippen LogP contribution in [0, 0.1) is 25.2 Å². The Morgan fingerprint density at radius 2 is 2.09 bits per heavy atom. The monoisotopic (exact) mass is 485 g/mol. The van der Waals surface area contributed by atoms with Gasteiger partial charge in [0.05, 0.1) is 11.3 Å². The van der Waals surface area contributed by atoms with Gasteiger partial charge in [-0.3, -0.25) is 4.79 Å². The van der Waals surface area contributed by atoms with Crippen molar-refractivity contribution in [2.45, 2.75) is 71.0 Å². The van der Waals surface area contributed by atoms with Crippen molar-refractivity contribution in [3.8, 4) is 17.5 Å². The second kappa shape index (κ2) is 10.2. The Hall–Kier alpha value is -2.15. The van der Waals surface area contributed by atoms with Gasteiger partial charge >= 0.3 is 0 Å². The fourth-order valence-electron chi connectivity index (χ4n) is 4.00. The Morgan fingerprint density at radius 1 is 1.28 bits per heavy atom. The van der Waals surface area contributed by atoms with Crippen molar-refractivity contribution in [3.05, 3.63) is 31.8 Å². The number of aromatic nitrogens is 3. The molecule has 3 aromatic rings. The Kier molecular flexibility index (Phi) is 7.33. The first-order valence-corrected chi connectivity index (χ1v) is 13.7. The lowest BCUT2D eigenvalue weighted by Crippen LogP contribution is -2.14. The van der Waals surface area contributed by atoms with E-state index in [9.17, 15) is 10.1 Å². The summed E-state index contributed by atoms with van der Waals surface area (Å²) in [5.41, 5.74) is 4.15. The number of anilines is 1. The third kappa shape index (κ3) is 4.63. The number of rotatable bonds is 7. The number of fused-ring (bicyclic) bond motifs is 1. The molecule has 1 amide bonds. The van der Waals surface area contributed by atoms with E-state index in [2.05, 4.69) is 52.3 Å². The maximum absolute atomic E-state index is 12.7. The summed E-state index contributed by atoms with van der Waals surface area (Å²) >= 11 is 4.69. The van der Waals surface area contributed by atoms with Crippen LogP contribution >= 0.6 is 34.4 Å². The molecule has 4 rings (SSSR count). The number of carbonyl (C=O) groups excluding carboxylic acids is 1. The van der Waals surface area contributed by atoms with Gasteiger partial charge < -0.3 is 9.88 Å². The maximum atomic E-state index is 12.7. The molecule has 0 fully saturated rings. The van der Waals surface area contributed by atoms with Gasteiger partial charge in [0, 0.05) is 27.2 Å². The van der Waals surface area contributed by atoms with Gasteiger partial charge in [0.2, 0.25) is 5.91 Å². The van der Waals surface area contributed by atoms with Crippen LogP contribution in [0.2, 0.25) is 0 Å². The molecular weight excluding hydrogens is 458 g/mol. The zero-order valence-corrected chi connectivity index (χ0v) is 21.1. The molecule has 0 saturated carbocycles. The number of aryl methyl sites for hydroxylation is 2. The standard InChI is InChI=1S/C23H27N5OS3/c1-4-10-28-21(18-12-30-15(3)14(18)2)26-27-23(28)31-13-20(29)25-22-17(11-24)16-8-6-5-7-9-19(16)32-22/h12H,4-10,13H2,1-3H3,(H,25,29). The number of hydrogen-bond acceptors (Lipinski definition) is 7. The van der Waals surface area contributed by atoms with Gasteiger partial charge in [-0.05, 0) is 57.1 Å². The molecule has 0 atom stereocenters. The summed E-state index contributed by atoms with van der Waals surface area (Å²) in [5.74, 6) is 0.986. The molecular formula is C23H27N5OS3. The average Bonchev–Trinajstić information content (AvgIpc) is 3.37. The molecule has 0 spiro atoms. The largest absolute Gasteiger partial charge is 0.316 e. The van der Waals surface area contributed by atoms with Crippen LogP contribution in [-0.2, 0) is 24.2 Å². The van der Waals surface area contributed by atoms with Crippen LogP contribution in [0.4, 0.5) is 5.00 Å². The van der Waals surface area contributed by atoms with E-state index in [0.717, 1.165) is 60.8 Å². The first kappa shape index (κ1) is 23.0.